The van der Waals surface area contributed by atoms with Gasteiger partial charge in [-0.2, -0.15) is 0 Å². The molecule has 17 heteroatoms. The van der Waals surface area contributed by atoms with Gasteiger partial charge in [0, 0.05) is 4.70 Å². The number of rotatable bonds is 0. The van der Waals surface area contributed by atoms with Gasteiger partial charge >= 0.3 is 53.3 Å². The van der Waals surface area contributed by atoms with Gasteiger partial charge in [-0.1, -0.05) is 0 Å². The van der Waals surface area contributed by atoms with Gasteiger partial charge < -0.3 is 65.5 Å². The van der Waals surface area contributed by atoms with Gasteiger partial charge in [0.15, 0.2) is 0 Å². The Morgan fingerprint density at radius 3 is 0.524 bits per heavy atom. The molecule has 0 spiro atoms. The number of hydrogen-bond acceptors (Lipinski definition) is 12. The molecule has 0 heterocycles. The van der Waals surface area contributed by atoms with Crippen LogP contribution in [0.15, 0.2) is 0 Å². The van der Waals surface area contributed by atoms with E-state index in [2.05, 4.69) is 0 Å². The van der Waals surface area contributed by atoms with Gasteiger partial charge in [-0.25, -0.2) is 0 Å². The van der Waals surface area contributed by atoms with Crippen LogP contribution in [0.2, 0.25) is 0 Å². The van der Waals surface area contributed by atoms with Gasteiger partial charge in [0.1, 0.15) is 0 Å². The number of carboxylic acid groups (broad SMARTS) is 8. The zero-order chi connectivity index (χ0) is 14.3. The van der Waals surface area contributed by atoms with Crippen molar-refractivity contribution in [1.82, 2.24) is 0 Å². The number of halogens is 1. The van der Waals surface area contributed by atoms with E-state index in [1.54, 1.807) is 0 Å². The minimum atomic E-state index is -2.33. The minimum Gasteiger partial charge on any atom is -0.873 e. The van der Waals surface area contributed by atoms with E-state index in [1.165, 1.54) is 0 Å². The number of hydrogen-bond donors (Lipinski definition) is 0. The van der Waals surface area contributed by atoms with Crippen molar-refractivity contribution in [3.05, 3.63) is 0 Å². The molecule has 13 nitrogen and oxygen atoms in total. The van der Waals surface area contributed by atoms with Crippen LogP contribution < -0.4 is 59.7 Å². The van der Waals surface area contributed by atoms with E-state index in [4.69, 9.17) is 60.0 Å². The van der Waals surface area contributed by atoms with Crippen LogP contribution in [0, 0.1) is 0 Å². The first kappa shape index (κ1) is 60.3. The van der Waals surface area contributed by atoms with Gasteiger partial charge in [0.25, 0.3) is 0 Å². The van der Waals surface area contributed by atoms with Gasteiger partial charge in [0.2, 0.25) is 0 Å². The Morgan fingerprint density at radius 2 is 0.524 bits per heavy atom. The summed E-state index contributed by atoms with van der Waals surface area (Å²) in [6.07, 6.45) is -9.33. The number of carbonyl (C=O) groups is 4. The molecular weight excluding hydrogens is 364 g/mol. The van der Waals surface area contributed by atoms with Crippen molar-refractivity contribution in [2.24, 2.45) is 0 Å². The zero-order valence-electron chi connectivity index (χ0n) is 9.94. The van der Waals surface area contributed by atoms with Crippen LogP contribution in [-0.4, -0.2) is 42.0 Å². The summed E-state index contributed by atoms with van der Waals surface area (Å²) in [5.74, 6) is 0. The van der Waals surface area contributed by atoms with Crippen molar-refractivity contribution in [2.45, 2.75) is 0 Å². The Kier molecular flexibility index (Phi) is 147. The molecule has 116 valence electrons. The second-order valence-corrected chi connectivity index (χ2v) is 1.00. The summed E-state index contributed by atoms with van der Waals surface area (Å²) in [6, 6.07) is 0. The molecule has 0 aliphatic heterocycles. The van der Waals surface area contributed by atoms with Gasteiger partial charge in [-0.3, -0.25) is 0 Å². The SMILES string of the molecule is O=C([O-])[O-].O=C([O-])[O-].O=C([O-])[O-].O=C([O-])[O-].[Al+3].[F].[Li+].[Mn+2].[OH4+2]. The Morgan fingerprint density at radius 1 is 0.524 bits per heavy atom. The first-order valence-electron chi connectivity index (χ1n) is 2.45. The summed E-state index contributed by atoms with van der Waals surface area (Å²) >= 11 is 0. The molecule has 0 saturated carbocycles. The molecule has 4 N–H and O–H groups in total. The molecule has 0 rings (SSSR count). The van der Waals surface area contributed by atoms with E-state index >= 15 is 0 Å². The van der Waals surface area contributed by atoms with Crippen molar-refractivity contribution in [2.75, 3.05) is 0 Å². The van der Waals surface area contributed by atoms with E-state index in [1.807, 2.05) is 0 Å². The minimum absolute atomic E-state index is 0. The Balaban J connectivity index is -0.0000000121. The molecule has 0 aromatic carbocycles. The van der Waals surface area contributed by atoms with Crippen molar-refractivity contribution in [1.29, 1.82) is 0 Å². The Hall–Kier alpha value is -1.38. The molecule has 0 aliphatic rings. The summed E-state index contributed by atoms with van der Waals surface area (Å²) in [5, 5.41) is 66.7. The average molecular weight is 368 g/mol. The second-order valence-electron chi connectivity index (χ2n) is 1.00. The molecule has 0 aliphatic carbocycles. The first-order valence-corrected chi connectivity index (χ1v) is 2.45. The van der Waals surface area contributed by atoms with Crippen molar-refractivity contribution >= 4 is 42.0 Å². The maximum Gasteiger partial charge on any atom is 3.00 e. The third kappa shape index (κ3) is 2700. The normalized spacial score (nSPS) is 4.57. The zero-order valence-corrected chi connectivity index (χ0v) is 12.3. The van der Waals surface area contributed by atoms with Crippen molar-refractivity contribution < 1.29 is 106 Å². The van der Waals surface area contributed by atoms with Crippen LogP contribution in [0.4, 0.5) is 23.9 Å². The van der Waals surface area contributed by atoms with Crippen LogP contribution in [0.3, 0.4) is 0 Å². The maximum absolute atomic E-state index is 8.33. The number of carbonyl (C=O) groups excluding carboxylic acids is 4. The fourth-order valence-corrected chi connectivity index (χ4v) is 0. The molecule has 0 amide bonds. The van der Waals surface area contributed by atoms with Gasteiger partial charge in [-0.05, 0) is 24.6 Å². The van der Waals surface area contributed by atoms with E-state index < -0.39 is 24.6 Å². The first-order chi connectivity index (χ1) is 6.93. The van der Waals surface area contributed by atoms with Gasteiger partial charge in [-0.15, -0.1) is 0 Å². The average Bonchev–Trinajstić information content (AvgIpc) is 1.76. The molecular formula is C4H4AlFLiMnO13. The molecule has 0 fully saturated rings. The predicted molar refractivity (Wildman–Crippen MR) is 34.7 cm³/mol. The topological polar surface area (TPSA) is 287 Å². The summed E-state index contributed by atoms with van der Waals surface area (Å²) in [6.45, 7) is 0. The molecule has 2 radical (unpaired) electrons. The molecule has 0 bridgehead atoms. The third-order valence-corrected chi connectivity index (χ3v) is 0. The van der Waals surface area contributed by atoms with Crippen LogP contribution in [0.1, 0.15) is 0 Å². The smallest absolute Gasteiger partial charge is 0.873 e. The maximum atomic E-state index is 8.33. The Labute approximate surface area is 148 Å². The monoisotopic (exact) mass is 368 g/mol. The Bertz CT molecular complexity index is 176. The fourth-order valence-electron chi connectivity index (χ4n) is 0. The van der Waals surface area contributed by atoms with E-state index in [9.17, 15) is 0 Å². The molecule has 0 aromatic heterocycles. The van der Waals surface area contributed by atoms with Gasteiger partial charge in [0.05, 0.1) is 0 Å². The molecule has 0 aromatic rings. The summed E-state index contributed by atoms with van der Waals surface area (Å²) in [5.41, 5.74) is 0. The summed E-state index contributed by atoms with van der Waals surface area (Å²) < 4.78 is 0. The largest absolute Gasteiger partial charge is 3.00 e. The van der Waals surface area contributed by atoms with Crippen LogP contribution in [-0.2, 0) is 22.5 Å². The molecule has 0 saturated heterocycles. The van der Waals surface area contributed by atoms with Crippen molar-refractivity contribution in [3.63, 3.8) is 0 Å². The van der Waals surface area contributed by atoms with E-state index in [0.717, 1.165) is 0 Å². The summed E-state index contributed by atoms with van der Waals surface area (Å²) in [4.78, 5) is 33.3. The molecule has 0 atom stereocenters. The second kappa shape index (κ2) is 51.3. The molecule has 21 heavy (non-hydrogen) atoms. The molecule has 0 unspecified atom stereocenters. The van der Waals surface area contributed by atoms with Crippen LogP contribution in [0.5, 0.6) is 0 Å². The standard InChI is InChI=1S/4CH2O3.Al.F.Li.Mn.H4O/c4*2-1(3)4;;;;;/h4*(H2,2,3,4);;;;;1H4/q;;;;+3;;+1;2*+2/p-8. The van der Waals surface area contributed by atoms with E-state index in [-0.39, 0.29) is 63.5 Å². The van der Waals surface area contributed by atoms with E-state index in [0.29, 0.717) is 0 Å². The quantitative estimate of drug-likeness (QED) is 0.360. The predicted octanol–water partition coefficient (Wildman–Crippen LogP) is -13.9. The summed E-state index contributed by atoms with van der Waals surface area (Å²) in [7, 11) is 0. The van der Waals surface area contributed by atoms with Crippen LogP contribution in [0.25, 0.3) is 0 Å². The third-order valence-electron chi connectivity index (χ3n) is 0. The van der Waals surface area contributed by atoms with Crippen LogP contribution >= 0.6 is 0 Å². The van der Waals surface area contributed by atoms with Crippen molar-refractivity contribution in [3.8, 4) is 0 Å². The fraction of sp³-hybridized carbons (Fsp3) is 0.